The molecule has 1 saturated heterocycles. The predicted molar refractivity (Wildman–Crippen MR) is 125 cm³/mol. The fraction of sp³-hybridized carbons (Fsp3) is 0.385. The summed E-state index contributed by atoms with van der Waals surface area (Å²) in [5, 5.41) is 3.51. The Bertz CT molecular complexity index is 989. The molecule has 5 nitrogen and oxygen atoms in total. The third-order valence-electron chi connectivity index (χ3n) is 6.15. The van der Waals surface area contributed by atoms with Crippen molar-refractivity contribution in [3.8, 4) is 17.0 Å². The molecule has 1 aliphatic rings. The van der Waals surface area contributed by atoms with Crippen LogP contribution in [0.1, 0.15) is 38.7 Å². The molecule has 0 aliphatic carbocycles. The summed E-state index contributed by atoms with van der Waals surface area (Å²) in [6.45, 7) is 6.00. The second-order valence-electron chi connectivity index (χ2n) is 8.88. The molecule has 0 amide bonds. The van der Waals surface area contributed by atoms with Crippen LogP contribution in [0, 0.1) is 0 Å². The van der Waals surface area contributed by atoms with E-state index in [0.717, 1.165) is 55.2 Å². The first-order chi connectivity index (χ1) is 15.0. The van der Waals surface area contributed by atoms with E-state index in [1.807, 2.05) is 24.3 Å². The minimum absolute atomic E-state index is 0.0943. The van der Waals surface area contributed by atoms with Crippen LogP contribution in [0.25, 0.3) is 11.3 Å². The molecule has 1 unspecified atom stereocenters. The van der Waals surface area contributed by atoms with Gasteiger partial charge in [0, 0.05) is 24.1 Å². The molecule has 0 radical (unpaired) electrons. The molecule has 3 aromatic rings. The molecule has 1 aromatic heterocycles. The molecule has 0 spiro atoms. The maximum Gasteiger partial charge on any atom is 0.145 e. The van der Waals surface area contributed by atoms with Gasteiger partial charge >= 0.3 is 0 Å². The third-order valence-corrected chi connectivity index (χ3v) is 6.15. The van der Waals surface area contributed by atoms with E-state index in [2.05, 4.69) is 54.5 Å². The second-order valence-corrected chi connectivity index (χ2v) is 8.88. The van der Waals surface area contributed by atoms with Gasteiger partial charge in [0.05, 0.1) is 30.8 Å². The maximum absolute atomic E-state index is 6.04. The summed E-state index contributed by atoms with van der Waals surface area (Å²) < 4.78 is 11.3. The fourth-order valence-corrected chi connectivity index (χ4v) is 4.65. The Morgan fingerprint density at radius 3 is 2.52 bits per heavy atom. The molecule has 2 aromatic carbocycles. The van der Waals surface area contributed by atoms with Gasteiger partial charge in [-0.05, 0) is 62.9 Å². The molecule has 1 N–H and O–H groups in total. The average Bonchev–Trinajstić information content (AvgIpc) is 2.79. The summed E-state index contributed by atoms with van der Waals surface area (Å²) in [5.41, 5.74) is 3.23. The van der Waals surface area contributed by atoms with E-state index >= 15 is 0 Å². The van der Waals surface area contributed by atoms with Gasteiger partial charge in [0.2, 0.25) is 0 Å². The van der Waals surface area contributed by atoms with Crippen molar-refractivity contribution in [2.24, 2.45) is 0 Å². The Labute approximate surface area is 184 Å². The van der Waals surface area contributed by atoms with Crippen LogP contribution in [0.2, 0.25) is 0 Å². The summed E-state index contributed by atoms with van der Waals surface area (Å²) in [5.74, 6) is 1.62. The van der Waals surface area contributed by atoms with Gasteiger partial charge in [0.15, 0.2) is 0 Å². The van der Waals surface area contributed by atoms with E-state index < -0.39 is 0 Å². The average molecular weight is 418 g/mol. The van der Waals surface area contributed by atoms with E-state index in [4.69, 9.17) is 14.5 Å². The number of rotatable bonds is 7. The summed E-state index contributed by atoms with van der Waals surface area (Å²) in [6, 6.07) is 18.7. The van der Waals surface area contributed by atoms with Crippen LogP contribution in [0.5, 0.6) is 5.75 Å². The van der Waals surface area contributed by atoms with Crippen LogP contribution in [0.4, 0.5) is 5.82 Å². The van der Waals surface area contributed by atoms with E-state index in [-0.39, 0.29) is 11.0 Å². The highest BCUT2D eigenvalue weighted by molar-refractivity contribution is 5.60. The number of hydrogen-bond acceptors (Lipinski definition) is 5. The third kappa shape index (κ3) is 5.05. The summed E-state index contributed by atoms with van der Waals surface area (Å²) in [4.78, 5) is 9.16. The molecule has 4 rings (SSSR count). The highest BCUT2D eigenvalue weighted by Crippen LogP contribution is 2.43. The molecular formula is C26H31N3O2. The van der Waals surface area contributed by atoms with Gasteiger partial charge in [-0.2, -0.15) is 0 Å². The zero-order valence-corrected chi connectivity index (χ0v) is 18.6. The Balaban J connectivity index is 1.48. The van der Waals surface area contributed by atoms with Gasteiger partial charge in [0.1, 0.15) is 11.6 Å². The zero-order valence-electron chi connectivity index (χ0n) is 18.6. The standard InChI is InChI=1S/C26H31N3O2/c1-25(2)19-26(14-16-31-25,21-7-5-4-6-8-21)13-15-28-24-18-27-17-23(29-24)20-9-11-22(30-3)12-10-20/h4-12,17-18H,13-16,19H2,1-3H3,(H,28,29). The number of nitrogens with one attached hydrogen (secondary N) is 1. The van der Waals surface area contributed by atoms with Crippen molar-refractivity contribution in [1.82, 2.24) is 9.97 Å². The Kier molecular flexibility index (Phi) is 6.23. The first kappa shape index (κ1) is 21.3. The van der Waals surface area contributed by atoms with Crippen molar-refractivity contribution in [2.45, 2.75) is 44.1 Å². The molecule has 31 heavy (non-hydrogen) atoms. The lowest BCUT2D eigenvalue weighted by Crippen LogP contribution is -2.44. The molecule has 1 fully saturated rings. The normalized spacial score (nSPS) is 20.2. The first-order valence-corrected chi connectivity index (χ1v) is 10.9. The number of aromatic nitrogens is 2. The quantitative estimate of drug-likeness (QED) is 0.551. The number of benzene rings is 2. The predicted octanol–water partition coefficient (Wildman–Crippen LogP) is 5.48. The number of ether oxygens (including phenoxy) is 2. The summed E-state index contributed by atoms with van der Waals surface area (Å²) >= 11 is 0. The SMILES string of the molecule is COc1ccc(-c2cncc(NCCC3(c4ccccc4)CCOC(C)(C)C3)n2)cc1. The Morgan fingerprint density at radius 1 is 1.03 bits per heavy atom. The molecule has 5 heteroatoms. The molecule has 0 bridgehead atoms. The monoisotopic (exact) mass is 417 g/mol. The van der Waals surface area contributed by atoms with Crippen molar-refractivity contribution in [3.05, 3.63) is 72.6 Å². The van der Waals surface area contributed by atoms with Crippen molar-refractivity contribution >= 4 is 5.82 Å². The van der Waals surface area contributed by atoms with E-state index in [9.17, 15) is 0 Å². The van der Waals surface area contributed by atoms with Crippen LogP contribution in [-0.4, -0.2) is 35.8 Å². The van der Waals surface area contributed by atoms with Gasteiger partial charge in [-0.3, -0.25) is 4.98 Å². The molecule has 0 saturated carbocycles. The minimum atomic E-state index is -0.123. The van der Waals surface area contributed by atoms with Crippen molar-refractivity contribution < 1.29 is 9.47 Å². The Morgan fingerprint density at radius 2 is 1.81 bits per heavy atom. The second kappa shape index (κ2) is 9.06. The minimum Gasteiger partial charge on any atom is -0.497 e. The van der Waals surface area contributed by atoms with Crippen molar-refractivity contribution in [3.63, 3.8) is 0 Å². The number of anilines is 1. The van der Waals surface area contributed by atoms with Crippen molar-refractivity contribution in [2.75, 3.05) is 25.6 Å². The summed E-state index contributed by atoms with van der Waals surface area (Å²) in [7, 11) is 1.67. The number of nitrogens with zero attached hydrogens (tertiary/aromatic N) is 2. The maximum atomic E-state index is 6.04. The van der Waals surface area contributed by atoms with Crippen LogP contribution in [0.15, 0.2) is 67.0 Å². The van der Waals surface area contributed by atoms with Crippen LogP contribution < -0.4 is 10.1 Å². The lowest BCUT2D eigenvalue weighted by molar-refractivity contribution is -0.0835. The van der Waals surface area contributed by atoms with E-state index in [1.54, 1.807) is 19.5 Å². The highest BCUT2D eigenvalue weighted by Gasteiger charge is 2.41. The molecule has 1 atom stereocenters. The van der Waals surface area contributed by atoms with Crippen LogP contribution in [0.3, 0.4) is 0 Å². The van der Waals surface area contributed by atoms with Crippen LogP contribution >= 0.6 is 0 Å². The topological polar surface area (TPSA) is 56.3 Å². The first-order valence-electron chi connectivity index (χ1n) is 10.9. The lowest BCUT2D eigenvalue weighted by atomic mass is 9.67. The van der Waals surface area contributed by atoms with Gasteiger partial charge in [-0.25, -0.2) is 4.98 Å². The molecule has 2 heterocycles. The largest absolute Gasteiger partial charge is 0.497 e. The Hall–Kier alpha value is -2.92. The summed E-state index contributed by atoms with van der Waals surface area (Å²) in [6.07, 6.45) is 6.62. The van der Waals surface area contributed by atoms with E-state index in [1.165, 1.54) is 5.56 Å². The highest BCUT2D eigenvalue weighted by atomic mass is 16.5. The van der Waals surface area contributed by atoms with Gasteiger partial charge in [0.25, 0.3) is 0 Å². The molecular weight excluding hydrogens is 386 g/mol. The smallest absolute Gasteiger partial charge is 0.145 e. The number of hydrogen-bond donors (Lipinski definition) is 1. The van der Waals surface area contributed by atoms with Gasteiger partial charge in [-0.15, -0.1) is 0 Å². The molecule has 162 valence electrons. The fourth-order valence-electron chi connectivity index (χ4n) is 4.65. The zero-order chi connectivity index (χ0) is 21.7. The van der Waals surface area contributed by atoms with Crippen molar-refractivity contribution in [1.29, 1.82) is 0 Å². The number of methoxy groups -OCH3 is 1. The van der Waals surface area contributed by atoms with Gasteiger partial charge in [-0.1, -0.05) is 30.3 Å². The van der Waals surface area contributed by atoms with E-state index in [0.29, 0.717) is 0 Å². The van der Waals surface area contributed by atoms with Crippen LogP contribution in [-0.2, 0) is 10.2 Å². The van der Waals surface area contributed by atoms with Gasteiger partial charge < -0.3 is 14.8 Å². The lowest BCUT2D eigenvalue weighted by Gasteiger charge is -2.45. The molecule has 1 aliphatic heterocycles.